The maximum Gasteiger partial charge on any atom is 0.416 e. The van der Waals surface area contributed by atoms with Crippen LogP contribution in [0.1, 0.15) is 26.3 Å². The maximum atomic E-state index is 12.9. The molecule has 0 aliphatic rings. The Hall–Kier alpha value is -3.57. The molecule has 1 amide bonds. The number of sulfonamides is 1. The van der Waals surface area contributed by atoms with E-state index < -0.39 is 38.5 Å². The highest BCUT2D eigenvalue weighted by molar-refractivity contribution is 7.92. The number of halogens is 4. The van der Waals surface area contributed by atoms with Crippen LogP contribution in [0.25, 0.3) is 0 Å². The molecule has 172 valence electrons. The number of carboxylic acid groups (broad SMARTS) is 1. The lowest BCUT2D eigenvalue weighted by Gasteiger charge is -2.13. The Morgan fingerprint density at radius 3 is 2.15 bits per heavy atom. The molecule has 0 unspecified atom stereocenters. The van der Waals surface area contributed by atoms with Crippen LogP contribution < -0.4 is 10.0 Å². The second-order valence-corrected chi connectivity index (χ2v) is 8.75. The van der Waals surface area contributed by atoms with E-state index in [2.05, 4.69) is 10.0 Å². The molecule has 0 aromatic heterocycles. The second kappa shape index (κ2) is 9.12. The van der Waals surface area contributed by atoms with Crippen molar-refractivity contribution in [3.8, 4) is 0 Å². The lowest BCUT2D eigenvalue weighted by atomic mass is 10.1. The van der Waals surface area contributed by atoms with Crippen molar-refractivity contribution in [3.63, 3.8) is 0 Å². The molecule has 0 atom stereocenters. The first-order valence-electron chi connectivity index (χ1n) is 9.01. The molecule has 33 heavy (non-hydrogen) atoms. The van der Waals surface area contributed by atoms with Gasteiger partial charge in [-0.25, -0.2) is 13.2 Å². The van der Waals surface area contributed by atoms with Gasteiger partial charge in [-0.2, -0.15) is 13.2 Å². The predicted molar refractivity (Wildman–Crippen MR) is 115 cm³/mol. The van der Waals surface area contributed by atoms with Crippen LogP contribution in [-0.2, 0) is 16.2 Å². The lowest BCUT2D eigenvalue weighted by Crippen LogP contribution is -2.16. The third-order valence-corrected chi connectivity index (χ3v) is 6.03. The SMILES string of the molecule is O=C(O)c1ccc(NC(=O)c2ccc(Cl)c(NS(=O)(=O)c3cccc(C(F)(F)F)c3)c2)cc1. The zero-order chi connectivity index (χ0) is 24.4. The van der Waals surface area contributed by atoms with E-state index >= 15 is 0 Å². The van der Waals surface area contributed by atoms with E-state index in [1.165, 1.54) is 36.4 Å². The van der Waals surface area contributed by atoms with E-state index in [1.54, 1.807) is 0 Å². The van der Waals surface area contributed by atoms with Crippen LogP contribution in [0.15, 0.2) is 71.6 Å². The molecule has 3 aromatic carbocycles. The first-order chi connectivity index (χ1) is 15.4. The van der Waals surface area contributed by atoms with Gasteiger partial charge in [-0.05, 0) is 60.7 Å². The molecule has 0 spiro atoms. The van der Waals surface area contributed by atoms with Gasteiger partial charge in [0.2, 0.25) is 0 Å². The molecule has 0 aliphatic carbocycles. The standard InChI is InChI=1S/C21H14ClF3N2O5S/c22-17-9-6-13(19(28)26-15-7-4-12(5-8-15)20(29)30)10-18(17)27-33(31,32)16-3-1-2-14(11-16)21(23,24)25/h1-11,27H,(H,26,28)(H,29,30). The maximum absolute atomic E-state index is 12.9. The molecule has 3 aromatic rings. The van der Waals surface area contributed by atoms with Crippen LogP contribution in [-0.4, -0.2) is 25.4 Å². The highest BCUT2D eigenvalue weighted by atomic mass is 35.5. The topological polar surface area (TPSA) is 113 Å². The number of hydrogen-bond donors (Lipinski definition) is 3. The Morgan fingerprint density at radius 2 is 1.55 bits per heavy atom. The van der Waals surface area contributed by atoms with Crippen molar-refractivity contribution in [2.45, 2.75) is 11.1 Å². The van der Waals surface area contributed by atoms with Gasteiger partial charge >= 0.3 is 12.1 Å². The minimum Gasteiger partial charge on any atom is -0.478 e. The van der Waals surface area contributed by atoms with Gasteiger partial charge in [-0.1, -0.05) is 17.7 Å². The number of carbonyl (C=O) groups excluding carboxylic acids is 1. The number of rotatable bonds is 6. The Labute approximate surface area is 190 Å². The van der Waals surface area contributed by atoms with Gasteiger partial charge in [0.25, 0.3) is 15.9 Å². The number of carbonyl (C=O) groups is 2. The smallest absolute Gasteiger partial charge is 0.416 e. The van der Waals surface area contributed by atoms with Gasteiger partial charge in [0.1, 0.15) is 0 Å². The Kier molecular flexibility index (Phi) is 6.65. The third kappa shape index (κ3) is 5.82. The molecule has 3 N–H and O–H groups in total. The molecular formula is C21H14ClF3N2O5S. The van der Waals surface area contributed by atoms with Crippen molar-refractivity contribution in [1.82, 2.24) is 0 Å². The molecule has 12 heteroatoms. The average Bonchev–Trinajstić information content (AvgIpc) is 2.75. The Morgan fingerprint density at radius 1 is 0.909 bits per heavy atom. The summed E-state index contributed by atoms with van der Waals surface area (Å²) in [6.07, 6.45) is -4.73. The number of hydrogen-bond acceptors (Lipinski definition) is 4. The summed E-state index contributed by atoms with van der Waals surface area (Å²) in [4.78, 5) is 22.8. The van der Waals surface area contributed by atoms with Gasteiger partial charge < -0.3 is 10.4 Å². The number of alkyl halides is 3. The van der Waals surface area contributed by atoms with Crippen molar-refractivity contribution in [1.29, 1.82) is 0 Å². The van der Waals surface area contributed by atoms with E-state index in [9.17, 15) is 31.2 Å². The number of anilines is 2. The summed E-state index contributed by atoms with van der Waals surface area (Å²) in [6, 6.07) is 12.1. The molecular weight excluding hydrogens is 485 g/mol. The number of aromatic carboxylic acids is 1. The molecule has 0 saturated carbocycles. The monoisotopic (exact) mass is 498 g/mol. The lowest BCUT2D eigenvalue weighted by molar-refractivity contribution is -0.137. The summed E-state index contributed by atoms with van der Waals surface area (Å²) in [5.74, 6) is -1.79. The molecule has 0 fully saturated rings. The zero-order valence-electron chi connectivity index (χ0n) is 16.4. The molecule has 0 bridgehead atoms. The van der Waals surface area contributed by atoms with E-state index in [0.29, 0.717) is 6.07 Å². The van der Waals surface area contributed by atoms with Gasteiger partial charge in [0, 0.05) is 11.3 Å². The molecule has 0 radical (unpaired) electrons. The van der Waals surface area contributed by atoms with E-state index in [0.717, 1.165) is 24.3 Å². The van der Waals surface area contributed by atoms with Crippen LogP contribution >= 0.6 is 11.6 Å². The summed E-state index contributed by atoms with van der Waals surface area (Å²) in [5.41, 5.74) is -1.07. The summed E-state index contributed by atoms with van der Waals surface area (Å²) >= 11 is 6.01. The van der Waals surface area contributed by atoms with Crippen LogP contribution in [0.2, 0.25) is 5.02 Å². The van der Waals surface area contributed by atoms with Crippen molar-refractivity contribution < 1.29 is 36.3 Å². The fraction of sp³-hybridized carbons (Fsp3) is 0.0476. The van der Waals surface area contributed by atoms with Crippen LogP contribution in [0, 0.1) is 0 Å². The van der Waals surface area contributed by atoms with Gasteiger partial charge in [-0.3, -0.25) is 9.52 Å². The van der Waals surface area contributed by atoms with Crippen LogP contribution in [0.5, 0.6) is 0 Å². The summed E-state index contributed by atoms with van der Waals surface area (Å²) < 4.78 is 66.1. The van der Waals surface area contributed by atoms with Gasteiger partial charge in [0.05, 0.1) is 26.7 Å². The van der Waals surface area contributed by atoms with E-state index in [-0.39, 0.29) is 27.5 Å². The third-order valence-electron chi connectivity index (χ3n) is 4.33. The van der Waals surface area contributed by atoms with E-state index in [1.807, 2.05) is 0 Å². The van der Waals surface area contributed by atoms with Crippen molar-refractivity contribution in [2.24, 2.45) is 0 Å². The summed E-state index contributed by atoms with van der Waals surface area (Å²) in [6.45, 7) is 0. The summed E-state index contributed by atoms with van der Waals surface area (Å²) in [7, 11) is -4.45. The van der Waals surface area contributed by atoms with Gasteiger partial charge in [-0.15, -0.1) is 0 Å². The first-order valence-corrected chi connectivity index (χ1v) is 10.9. The largest absolute Gasteiger partial charge is 0.478 e. The Balaban J connectivity index is 1.84. The zero-order valence-corrected chi connectivity index (χ0v) is 17.9. The quantitative estimate of drug-likeness (QED) is 0.437. The van der Waals surface area contributed by atoms with Crippen molar-refractivity contribution in [2.75, 3.05) is 10.0 Å². The molecule has 3 rings (SSSR count). The van der Waals surface area contributed by atoms with Crippen molar-refractivity contribution in [3.05, 3.63) is 88.4 Å². The van der Waals surface area contributed by atoms with Crippen LogP contribution in [0.3, 0.4) is 0 Å². The minimum absolute atomic E-state index is 0.0107. The number of amides is 1. The normalized spacial score (nSPS) is 11.6. The fourth-order valence-electron chi connectivity index (χ4n) is 2.69. The molecule has 0 saturated heterocycles. The minimum atomic E-state index is -4.73. The van der Waals surface area contributed by atoms with Crippen LogP contribution in [0.4, 0.5) is 24.5 Å². The fourth-order valence-corrected chi connectivity index (χ4v) is 4.02. The second-order valence-electron chi connectivity index (χ2n) is 6.66. The number of nitrogens with one attached hydrogen (secondary N) is 2. The highest BCUT2D eigenvalue weighted by Gasteiger charge is 2.31. The first kappa shape index (κ1) is 24.1. The number of benzene rings is 3. The highest BCUT2D eigenvalue weighted by Crippen LogP contribution is 2.32. The van der Waals surface area contributed by atoms with Gasteiger partial charge in [0.15, 0.2) is 0 Å². The molecule has 0 heterocycles. The molecule has 0 aliphatic heterocycles. The summed E-state index contributed by atoms with van der Waals surface area (Å²) in [5, 5.41) is 11.3. The average molecular weight is 499 g/mol. The Bertz CT molecular complexity index is 1330. The van der Waals surface area contributed by atoms with Crippen molar-refractivity contribution >= 4 is 44.9 Å². The molecule has 7 nitrogen and oxygen atoms in total. The number of carboxylic acids is 1. The predicted octanol–water partition coefficient (Wildman–Crippen LogP) is 5.11. The van der Waals surface area contributed by atoms with E-state index in [4.69, 9.17) is 16.7 Å².